The molecule has 2 N–H and O–H groups in total. The van der Waals surface area contributed by atoms with Crippen molar-refractivity contribution in [3.63, 3.8) is 0 Å². The van der Waals surface area contributed by atoms with Gasteiger partial charge in [0.25, 0.3) is 0 Å². The first-order chi connectivity index (χ1) is 8.06. The van der Waals surface area contributed by atoms with Gasteiger partial charge in [0.05, 0.1) is 6.04 Å². The molecule has 0 aromatic heterocycles. The molecule has 0 amide bonds. The summed E-state index contributed by atoms with van der Waals surface area (Å²) in [5.74, 6) is -0.889. The largest absolute Gasteiger partial charge is 0.317 e. The van der Waals surface area contributed by atoms with Crippen LogP contribution in [0.4, 0.5) is 0 Å². The number of nitrogens with zero attached hydrogens (tertiary/aromatic N) is 2. The fourth-order valence-electron chi connectivity index (χ4n) is 4.53. The lowest BCUT2D eigenvalue weighted by atomic mass is 9.73. The molecule has 17 heavy (non-hydrogen) atoms. The van der Waals surface area contributed by atoms with Crippen LogP contribution < -0.4 is 5.48 Å². The van der Waals surface area contributed by atoms with Crippen molar-refractivity contribution in [1.29, 1.82) is 0 Å². The summed E-state index contributed by atoms with van der Waals surface area (Å²) in [6.45, 7) is 0. The molecule has 0 spiro atoms. The summed E-state index contributed by atoms with van der Waals surface area (Å²) in [6.07, 6.45) is 0.966. The Morgan fingerprint density at radius 3 is 1.65 bits per heavy atom. The molecule has 6 unspecified atom stereocenters. The van der Waals surface area contributed by atoms with E-state index in [-0.39, 0.29) is 33.5 Å². The third-order valence-electron chi connectivity index (χ3n) is 4.95. The van der Waals surface area contributed by atoms with Crippen molar-refractivity contribution in [3.8, 4) is 0 Å². The van der Waals surface area contributed by atoms with Crippen molar-refractivity contribution < 1.29 is 15.1 Å². The van der Waals surface area contributed by atoms with E-state index in [0.717, 1.165) is 0 Å². The summed E-state index contributed by atoms with van der Waals surface area (Å²) in [7, 11) is 0. The monoisotopic (exact) mass is 243 g/mol. The van der Waals surface area contributed by atoms with E-state index in [9.17, 15) is 20.2 Å². The van der Waals surface area contributed by atoms with Gasteiger partial charge in [-0.15, -0.1) is 0 Å². The summed E-state index contributed by atoms with van der Waals surface area (Å²) in [5, 5.41) is 31.2. The van der Waals surface area contributed by atoms with Gasteiger partial charge in [-0.2, -0.15) is 0 Å². The average molecular weight is 243 g/mol. The fourth-order valence-corrected chi connectivity index (χ4v) is 4.53. The lowest BCUT2D eigenvalue weighted by Gasteiger charge is -2.35. The van der Waals surface area contributed by atoms with Crippen LogP contribution in [0, 0.1) is 43.9 Å². The zero-order chi connectivity index (χ0) is 12.3. The molecule has 0 aromatic rings. The maximum atomic E-state index is 11.0. The number of nitro groups is 2. The van der Waals surface area contributed by atoms with Crippen LogP contribution in [-0.2, 0) is 0 Å². The van der Waals surface area contributed by atoms with Crippen LogP contribution in [0.5, 0.6) is 0 Å². The van der Waals surface area contributed by atoms with Crippen molar-refractivity contribution >= 4 is 0 Å². The van der Waals surface area contributed by atoms with E-state index >= 15 is 0 Å². The lowest BCUT2D eigenvalue weighted by Crippen LogP contribution is -2.54. The molecule has 6 atom stereocenters. The summed E-state index contributed by atoms with van der Waals surface area (Å²) in [6, 6.07) is -1.97. The van der Waals surface area contributed by atoms with E-state index in [1.807, 2.05) is 0 Å². The molecule has 4 fully saturated rings. The van der Waals surface area contributed by atoms with E-state index in [0.29, 0.717) is 12.8 Å². The maximum Gasteiger partial charge on any atom is 0.220 e. The zero-order valence-electron chi connectivity index (χ0n) is 8.93. The van der Waals surface area contributed by atoms with Crippen LogP contribution in [0.2, 0.25) is 0 Å². The smallest absolute Gasteiger partial charge is 0.220 e. The van der Waals surface area contributed by atoms with Crippen molar-refractivity contribution in [2.24, 2.45) is 23.7 Å². The normalized spacial score (nSPS) is 50.8. The molecular formula is C9H13N3O5. The third-order valence-corrected chi connectivity index (χ3v) is 4.95. The highest BCUT2D eigenvalue weighted by atomic mass is 16.6. The Bertz CT molecular complexity index is 355. The zero-order valence-corrected chi connectivity index (χ0v) is 8.93. The highest BCUT2D eigenvalue weighted by Gasteiger charge is 2.71. The first kappa shape index (κ1) is 10.8. The SMILES string of the molecule is O=[N+]([O-])C1C2CC3C(NO)C1CC2C3[N+](=O)[O-]. The first-order valence-corrected chi connectivity index (χ1v) is 5.73. The summed E-state index contributed by atoms with van der Waals surface area (Å²) in [5.41, 5.74) is 2.08. The highest BCUT2D eigenvalue weighted by molar-refractivity contribution is 5.13. The Morgan fingerprint density at radius 1 is 0.941 bits per heavy atom. The second-order valence-corrected chi connectivity index (χ2v) is 5.33. The second-order valence-electron chi connectivity index (χ2n) is 5.33. The van der Waals surface area contributed by atoms with Gasteiger partial charge in [-0.3, -0.25) is 20.2 Å². The van der Waals surface area contributed by atoms with Crippen molar-refractivity contribution in [2.75, 3.05) is 0 Å². The van der Waals surface area contributed by atoms with Gasteiger partial charge in [0.2, 0.25) is 12.1 Å². The van der Waals surface area contributed by atoms with E-state index in [4.69, 9.17) is 5.21 Å². The Kier molecular flexibility index (Phi) is 2.14. The van der Waals surface area contributed by atoms with E-state index in [1.165, 1.54) is 0 Å². The molecule has 8 heteroatoms. The van der Waals surface area contributed by atoms with E-state index in [1.54, 1.807) is 0 Å². The van der Waals surface area contributed by atoms with Crippen LogP contribution in [0.3, 0.4) is 0 Å². The van der Waals surface area contributed by atoms with Gasteiger partial charge in [0.15, 0.2) is 0 Å². The van der Waals surface area contributed by atoms with E-state index < -0.39 is 18.1 Å². The number of hydroxylamine groups is 1. The highest BCUT2D eigenvalue weighted by Crippen LogP contribution is 2.59. The number of rotatable bonds is 3. The molecule has 4 bridgehead atoms. The Hall–Kier alpha value is -1.28. The molecule has 4 aliphatic carbocycles. The molecule has 0 saturated heterocycles. The predicted octanol–water partition coefficient (Wildman–Crippen LogP) is -0.0898. The van der Waals surface area contributed by atoms with Gasteiger partial charge in [-0.1, -0.05) is 0 Å². The van der Waals surface area contributed by atoms with Gasteiger partial charge < -0.3 is 5.21 Å². The van der Waals surface area contributed by atoms with Crippen molar-refractivity contribution in [1.82, 2.24) is 5.48 Å². The minimum absolute atomic E-state index is 0.181. The first-order valence-electron chi connectivity index (χ1n) is 5.73. The number of nitrogens with one attached hydrogen (secondary N) is 1. The summed E-state index contributed by atoms with van der Waals surface area (Å²) >= 11 is 0. The number of hydrogen-bond donors (Lipinski definition) is 2. The van der Waals surface area contributed by atoms with E-state index in [2.05, 4.69) is 5.48 Å². The van der Waals surface area contributed by atoms with Crippen molar-refractivity contribution in [3.05, 3.63) is 20.2 Å². The molecule has 8 nitrogen and oxygen atoms in total. The minimum Gasteiger partial charge on any atom is -0.317 e. The number of hydrogen-bond acceptors (Lipinski definition) is 6. The molecule has 4 saturated carbocycles. The molecule has 0 heterocycles. The molecule has 0 aliphatic heterocycles. The molecule has 94 valence electrons. The molecule has 0 radical (unpaired) electrons. The van der Waals surface area contributed by atoms with Gasteiger partial charge in [0, 0.05) is 33.5 Å². The van der Waals surface area contributed by atoms with Gasteiger partial charge in [-0.05, 0) is 12.8 Å². The summed E-state index contributed by atoms with van der Waals surface area (Å²) in [4.78, 5) is 21.4. The van der Waals surface area contributed by atoms with Crippen LogP contribution in [0.25, 0.3) is 0 Å². The maximum absolute atomic E-state index is 11.0. The topological polar surface area (TPSA) is 119 Å². The van der Waals surface area contributed by atoms with Gasteiger partial charge >= 0.3 is 0 Å². The van der Waals surface area contributed by atoms with Crippen LogP contribution >= 0.6 is 0 Å². The lowest BCUT2D eigenvalue weighted by molar-refractivity contribution is -0.543. The van der Waals surface area contributed by atoms with Crippen LogP contribution in [0.15, 0.2) is 0 Å². The Morgan fingerprint density at radius 2 is 1.35 bits per heavy atom. The standard InChI is InChI=1S/C9H13N3O5/c13-10-7-5-1-3-4(9(5)12(16)17)2-6(7)8(3)11(14)15/h3-10,13H,1-2H2. The third kappa shape index (κ3) is 1.19. The quantitative estimate of drug-likeness (QED) is 0.528. The predicted molar refractivity (Wildman–Crippen MR) is 53.5 cm³/mol. The van der Waals surface area contributed by atoms with Gasteiger partial charge in [0.1, 0.15) is 0 Å². The van der Waals surface area contributed by atoms with Crippen molar-refractivity contribution in [2.45, 2.75) is 31.0 Å². The molecular weight excluding hydrogens is 230 g/mol. The van der Waals surface area contributed by atoms with Crippen LogP contribution in [0.1, 0.15) is 12.8 Å². The Balaban J connectivity index is 1.98. The van der Waals surface area contributed by atoms with Crippen LogP contribution in [-0.4, -0.2) is 33.2 Å². The fraction of sp³-hybridized carbons (Fsp3) is 1.00. The average Bonchev–Trinajstić information content (AvgIpc) is 2.67. The Labute approximate surface area is 96.2 Å². The minimum atomic E-state index is -0.731. The molecule has 0 aromatic carbocycles. The molecule has 4 aliphatic rings. The molecule has 4 rings (SSSR count). The summed E-state index contributed by atoms with van der Waals surface area (Å²) < 4.78 is 0. The van der Waals surface area contributed by atoms with Gasteiger partial charge in [-0.25, -0.2) is 5.48 Å². The second kappa shape index (κ2) is 3.36.